The molecule has 1 atom stereocenters. The number of anilines is 1. The van der Waals surface area contributed by atoms with Gasteiger partial charge in [-0.3, -0.25) is 9.59 Å². The summed E-state index contributed by atoms with van der Waals surface area (Å²) in [6.07, 6.45) is 0.408. The molecule has 3 rings (SSSR count). The topological polar surface area (TPSA) is 49.4 Å². The summed E-state index contributed by atoms with van der Waals surface area (Å²) in [5.74, 6) is 0.0211. The number of hydrogen-bond donors (Lipinski definition) is 1. The molecule has 4 nitrogen and oxygen atoms in total. The molecule has 6 heteroatoms. The lowest BCUT2D eigenvalue weighted by atomic mass is 10.0. The normalized spacial score (nSPS) is 17.4. The van der Waals surface area contributed by atoms with Crippen LogP contribution in [0.1, 0.15) is 36.8 Å². The van der Waals surface area contributed by atoms with Crippen LogP contribution in [0.2, 0.25) is 5.02 Å². The molecule has 1 unspecified atom stereocenters. The van der Waals surface area contributed by atoms with Crippen LogP contribution in [-0.2, 0) is 9.59 Å². The summed E-state index contributed by atoms with van der Waals surface area (Å²) in [6.45, 7) is 4.04. The van der Waals surface area contributed by atoms with E-state index in [0.717, 1.165) is 10.4 Å². The minimum atomic E-state index is -0.302. The average molecular weight is 363 g/mol. The Morgan fingerprint density at radius 2 is 2.21 bits per heavy atom. The second-order valence-corrected chi connectivity index (χ2v) is 7.73. The fourth-order valence-electron chi connectivity index (χ4n) is 2.93. The van der Waals surface area contributed by atoms with Gasteiger partial charge in [-0.1, -0.05) is 31.5 Å². The molecule has 0 radical (unpaired) electrons. The Bertz CT molecular complexity index is 758. The van der Waals surface area contributed by atoms with E-state index in [-0.39, 0.29) is 30.3 Å². The number of nitrogens with one attached hydrogen (secondary N) is 1. The lowest BCUT2D eigenvalue weighted by Gasteiger charge is -2.30. The van der Waals surface area contributed by atoms with Gasteiger partial charge < -0.3 is 10.2 Å². The van der Waals surface area contributed by atoms with E-state index in [9.17, 15) is 9.59 Å². The maximum absolute atomic E-state index is 12.8. The molecule has 24 heavy (non-hydrogen) atoms. The first-order valence-electron chi connectivity index (χ1n) is 7.88. The van der Waals surface area contributed by atoms with Crippen LogP contribution in [0.15, 0.2) is 35.7 Å². The van der Waals surface area contributed by atoms with Crippen LogP contribution in [0, 0.1) is 5.92 Å². The van der Waals surface area contributed by atoms with E-state index in [4.69, 9.17) is 11.6 Å². The van der Waals surface area contributed by atoms with Gasteiger partial charge in [-0.2, -0.15) is 0 Å². The largest absolute Gasteiger partial charge is 0.324 e. The molecular formula is C18H19ClN2O2S. The molecule has 1 aliphatic rings. The van der Waals surface area contributed by atoms with Gasteiger partial charge in [0, 0.05) is 27.6 Å². The first-order chi connectivity index (χ1) is 11.5. The quantitative estimate of drug-likeness (QED) is 0.884. The van der Waals surface area contributed by atoms with Gasteiger partial charge in [0.25, 0.3) is 0 Å². The van der Waals surface area contributed by atoms with Crippen LogP contribution in [0.3, 0.4) is 0 Å². The van der Waals surface area contributed by atoms with Crippen molar-refractivity contribution in [2.75, 3.05) is 11.9 Å². The van der Waals surface area contributed by atoms with Gasteiger partial charge in [-0.05, 0) is 35.6 Å². The molecular weight excluding hydrogens is 344 g/mol. The molecule has 0 aliphatic carbocycles. The molecule has 1 aromatic carbocycles. The number of benzene rings is 1. The minimum Gasteiger partial charge on any atom is -0.324 e. The average Bonchev–Trinajstić information content (AvgIpc) is 2.97. The molecule has 1 N–H and O–H groups in total. The van der Waals surface area contributed by atoms with Gasteiger partial charge in [0.1, 0.15) is 6.54 Å². The van der Waals surface area contributed by atoms with Gasteiger partial charge in [0.05, 0.1) is 6.04 Å². The summed E-state index contributed by atoms with van der Waals surface area (Å²) < 4.78 is 0. The minimum absolute atomic E-state index is 0.0219. The van der Waals surface area contributed by atoms with Gasteiger partial charge in [-0.15, -0.1) is 11.3 Å². The molecule has 2 aromatic rings. The number of rotatable bonds is 3. The molecule has 2 heterocycles. The number of hydrogen-bond acceptors (Lipinski definition) is 3. The predicted octanol–water partition coefficient (Wildman–Crippen LogP) is 4.32. The Morgan fingerprint density at radius 3 is 2.88 bits per heavy atom. The van der Waals surface area contributed by atoms with Crippen LogP contribution < -0.4 is 5.32 Å². The fraction of sp³-hybridized carbons (Fsp3) is 0.333. The highest BCUT2D eigenvalue weighted by Crippen LogP contribution is 2.39. The van der Waals surface area contributed by atoms with Crippen molar-refractivity contribution >= 4 is 40.4 Å². The zero-order valence-corrected chi connectivity index (χ0v) is 15.2. The Morgan fingerprint density at radius 1 is 1.42 bits per heavy atom. The zero-order valence-electron chi connectivity index (χ0n) is 13.6. The Balaban J connectivity index is 2.12. The number of carbonyl (C=O) groups excluding carboxylic acids is 2. The third-order valence-corrected chi connectivity index (χ3v) is 5.08. The van der Waals surface area contributed by atoms with E-state index < -0.39 is 0 Å². The molecule has 1 aromatic heterocycles. The highest BCUT2D eigenvalue weighted by Gasteiger charge is 2.34. The van der Waals surface area contributed by atoms with E-state index in [2.05, 4.69) is 5.32 Å². The summed E-state index contributed by atoms with van der Waals surface area (Å²) in [5, 5.41) is 5.46. The predicted molar refractivity (Wildman–Crippen MR) is 97.4 cm³/mol. The van der Waals surface area contributed by atoms with Crippen molar-refractivity contribution in [3.8, 4) is 0 Å². The third-order valence-electron chi connectivity index (χ3n) is 3.92. The molecule has 1 aliphatic heterocycles. The second kappa shape index (κ2) is 6.95. The Kier molecular flexibility index (Phi) is 4.92. The van der Waals surface area contributed by atoms with Gasteiger partial charge in [-0.25, -0.2) is 0 Å². The van der Waals surface area contributed by atoms with Crippen LogP contribution >= 0.6 is 22.9 Å². The summed E-state index contributed by atoms with van der Waals surface area (Å²) in [6, 6.07) is 9.03. The van der Waals surface area contributed by atoms with Crippen LogP contribution in [0.4, 0.5) is 5.69 Å². The van der Waals surface area contributed by atoms with Crippen molar-refractivity contribution in [3.05, 3.63) is 51.2 Å². The van der Waals surface area contributed by atoms with Crippen LogP contribution in [0.25, 0.3) is 0 Å². The zero-order chi connectivity index (χ0) is 17.3. The van der Waals surface area contributed by atoms with Crippen molar-refractivity contribution in [2.45, 2.75) is 26.3 Å². The van der Waals surface area contributed by atoms with Crippen molar-refractivity contribution in [1.29, 1.82) is 0 Å². The molecule has 126 valence electrons. The van der Waals surface area contributed by atoms with E-state index >= 15 is 0 Å². The molecule has 0 spiro atoms. The van der Waals surface area contributed by atoms with Crippen LogP contribution in [-0.4, -0.2) is 23.3 Å². The second-order valence-electron chi connectivity index (χ2n) is 6.32. The highest BCUT2D eigenvalue weighted by atomic mass is 35.5. The number of carbonyl (C=O) groups is 2. The fourth-order valence-corrected chi connectivity index (χ4v) is 3.96. The lowest BCUT2D eigenvalue weighted by Crippen LogP contribution is -2.39. The maximum Gasteiger partial charge on any atom is 0.244 e. The SMILES string of the molecule is CC(C)CC(=O)N1CC(=O)Nc2ccc(Cl)cc2C1c1cccs1. The number of halogens is 1. The van der Waals surface area contributed by atoms with E-state index in [1.165, 1.54) is 0 Å². The number of thiophene rings is 1. The van der Waals surface area contributed by atoms with Crippen molar-refractivity contribution in [2.24, 2.45) is 5.92 Å². The van der Waals surface area contributed by atoms with E-state index in [0.29, 0.717) is 17.1 Å². The van der Waals surface area contributed by atoms with Crippen LogP contribution in [0.5, 0.6) is 0 Å². The third kappa shape index (κ3) is 3.47. The lowest BCUT2D eigenvalue weighted by molar-refractivity contribution is -0.136. The summed E-state index contributed by atoms with van der Waals surface area (Å²) in [4.78, 5) is 27.8. The molecule has 0 saturated heterocycles. The first kappa shape index (κ1) is 17.0. The van der Waals surface area contributed by atoms with Crippen molar-refractivity contribution < 1.29 is 9.59 Å². The number of nitrogens with zero attached hydrogens (tertiary/aromatic N) is 1. The Labute approximate surface area is 150 Å². The molecule has 2 amide bonds. The first-order valence-corrected chi connectivity index (χ1v) is 9.13. The summed E-state index contributed by atoms with van der Waals surface area (Å²) >= 11 is 7.77. The van der Waals surface area contributed by atoms with Crippen molar-refractivity contribution in [1.82, 2.24) is 4.90 Å². The standard InChI is InChI=1S/C18H19ClN2O2S/c1-11(2)8-17(23)21-10-16(22)20-14-6-5-12(19)9-13(14)18(21)15-4-3-7-24-15/h3-7,9,11,18H,8,10H2,1-2H3,(H,20,22). The van der Waals surface area contributed by atoms with E-state index in [1.807, 2.05) is 37.4 Å². The summed E-state index contributed by atoms with van der Waals surface area (Å²) in [7, 11) is 0. The van der Waals surface area contributed by atoms with Gasteiger partial charge in [0.15, 0.2) is 0 Å². The number of amides is 2. The number of fused-ring (bicyclic) bond motifs is 1. The summed E-state index contributed by atoms with van der Waals surface area (Å²) in [5.41, 5.74) is 1.57. The molecule has 0 bridgehead atoms. The Hall–Kier alpha value is -1.85. The maximum atomic E-state index is 12.8. The van der Waals surface area contributed by atoms with Crippen molar-refractivity contribution in [3.63, 3.8) is 0 Å². The highest BCUT2D eigenvalue weighted by molar-refractivity contribution is 7.10. The van der Waals surface area contributed by atoms with Gasteiger partial charge in [0.2, 0.25) is 11.8 Å². The smallest absolute Gasteiger partial charge is 0.244 e. The molecule has 0 fully saturated rings. The molecule has 0 saturated carbocycles. The monoisotopic (exact) mass is 362 g/mol. The van der Waals surface area contributed by atoms with E-state index in [1.54, 1.807) is 28.4 Å². The van der Waals surface area contributed by atoms with Gasteiger partial charge >= 0.3 is 0 Å².